The molecule has 0 aliphatic carbocycles. The number of halogens is 1. The van der Waals surface area contributed by atoms with Gasteiger partial charge in [0.05, 0.1) is 33.7 Å². The van der Waals surface area contributed by atoms with Crippen molar-refractivity contribution in [2.75, 3.05) is 33.7 Å². The summed E-state index contributed by atoms with van der Waals surface area (Å²) in [5, 5.41) is 3.11. The zero-order valence-corrected chi connectivity index (χ0v) is 20.3. The van der Waals surface area contributed by atoms with Gasteiger partial charge in [0.1, 0.15) is 0 Å². The van der Waals surface area contributed by atoms with Crippen molar-refractivity contribution in [2.45, 2.75) is 96.8 Å². The molecule has 0 aliphatic rings. The van der Waals surface area contributed by atoms with Crippen molar-refractivity contribution in [1.82, 2.24) is 5.32 Å². The van der Waals surface area contributed by atoms with Crippen LogP contribution in [0.1, 0.15) is 96.8 Å². The van der Waals surface area contributed by atoms with Crippen LogP contribution in [0.3, 0.4) is 0 Å². The highest BCUT2D eigenvalue weighted by Crippen LogP contribution is 2.09. The number of likely N-dealkylation sites (N-methyl/N-ethyl adjacent to an activating group) is 1. The van der Waals surface area contributed by atoms with Crippen molar-refractivity contribution in [3.8, 4) is 0 Å². The Labute approximate surface area is 180 Å². The maximum Gasteiger partial charge on any atom is 0.220 e. The van der Waals surface area contributed by atoms with E-state index in [-0.39, 0.29) is 22.9 Å². The Morgan fingerprint density at radius 2 is 1.41 bits per heavy atom. The van der Waals surface area contributed by atoms with Crippen LogP contribution < -0.4 is 5.32 Å². The molecule has 0 rings (SSSR count). The Bertz CT molecular complexity index is 345. The van der Waals surface area contributed by atoms with Crippen LogP contribution in [0.2, 0.25) is 0 Å². The normalized spacial score (nSPS) is 11.1. The van der Waals surface area contributed by atoms with Crippen LogP contribution in [-0.2, 0) is 4.79 Å². The Hall–Kier alpha value is -0.350. The molecule has 0 aromatic rings. The van der Waals surface area contributed by atoms with Gasteiger partial charge in [-0.25, -0.2) is 0 Å². The van der Waals surface area contributed by atoms with Crippen LogP contribution in [0.4, 0.5) is 0 Å². The molecule has 0 aromatic carbocycles. The van der Waals surface area contributed by atoms with Gasteiger partial charge in [0.15, 0.2) is 0 Å². The van der Waals surface area contributed by atoms with E-state index in [1.807, 2.05) is 6.08 Å². The molecule has 162 valence electrons. The molecule has 0 radical (unpaired) electrons. The molecule has 0 spiro atoms. The first-order chi connectivity index (χ1) is 12.5. The molecule has 0 fully saturated rings. The van der Waals surface area contributed by atoms with E-state index >= 15 is 0 Å². The Morgan fingerprint density at radius 3 is 2.04 bits per heavy atom. The number of unbranched alkanes of at least 4 members (excludes halogenated alkanes) is 11. The largest absolute Gasteiger partial charge is 0.350 e. The SMILES string of the molecule is Br.C=CCCCCCCCCC(=O)NCC[N+](C)(C)CCCCCCCC. The van der Waals surface area contributed by atoms with Gasteiger partial charge >= 0.3 is 0 Å². The first-order valence-electron chi connectivity index (χ1n) is 11.2. The molecule has 1 N–H and O–H groups in total. The van der Waals surface area contributed by atoms with Gasteiger partial charge < -0.3 is 9.80 Å². The van der Waals surface area contributed by atoms with Gasteiger partial charge in [-0.3, -0.25) is 4.79 Å². The Balaban J connectivity index is 0. The van der Waals surface area contributed by atoms with Gasteiger partial charge in [0.25, 0.3) is 0 Å². The number of carbonyl (C=O) groups is 1. The minimum absolute atomic E-state index is 0. The highest BCUT2D eigenvalue weighted by Gasteiger charge is 2.14. The third-order valence-electron chi connectivity index (χ3n) is 5.22. The second kappa shape index (κ2) is 20.4. The fourth-order valence-electron chi connectivity index (χ4n) is 3.30. The number of rotatable bonds is 19. The quantitative estimate of drug-likeness (QED) is 0.138. The number of nitrogens with zero attached hydrogens (tertiary/aromatic N) is 1. The van der Waals surface area contributed by atoms with Gasteiger partial charge in [-0.05, 0) is 32.1 Å². The molecule has 0 atom stereocenters. The van der Waals surface area contributed by atoms with Crippen LogP contribution in [-0.4, -0.2) is 44.1 Å². The van der Waals surface area contributed by atoms with Crippen molar-refractivity contribution < 1.29 is 9.28 Å². The summed E-state index contributed by atoms with van der Waals surface area (Å²) in [6, 6.07) is 0. The summed E-state index contributed by atoms with van der Waals surface area (Å²) >= 11 is 0. The van der Waals surface area contributed by atoms with E-state index in [1.54, 1.807) is 0 Å². The third-order valence-corrected chi connectivity index (χ3v) is 5.22. The van der Waals surface area contributed by atoms with E-state index < -0.39 is 0 Å². The van der Waals surface area contributed by atoms with Crippen molar-refractivity contribution in [2.24, 2.45) is 0 Å². The van der Waals surface area contributed by atoms with Gasteiger partial charge in [0, 0.05) is 6.42 Å². The molecular formula is C23H48BrN2O+. The maximum absolute atomic E-state index is 11.9. The van der Waals surface area contributed by atoms with E-state index in [0.29, 0.717) is 6.42 Å². The van der Waals surface area contributed by atoms with Gasteiger partial charge in [-0.1, -0.05) is 64.4 Å². The smallest absolute Gasteiger partial charge is 0.220 e. The summed E-state index contributed by atoms with van der Waals surface area (Å²) < 4.78 is 1.01. The van der Waals surface area contributed by atoms with Gasteiger partial charge in [-0.15, -0.1) is 23.6 Å². The number of hydrogen-bond acceptors (Lipinski definition) is 1. The molecule has 0 bridgehead atoms. The highest BCUT2D eigenvalue weighted by atomic mass is 79.9. The summed E-state index contributed by atoms with van der Waals surface area (Å²) in [7, 11) is 4.56. The lowest BCUT2D eigenvalue weighted by atomic mass is 10.1. The molecule has 4 heteroatoms. The van der Waals surface area contributed by atoms with Crippen LogP contribution >= 0.6 is 17.0 Å². The molecule has 27 heavy (non-hydrogen) atoms. The summed E-state index contributed by atoms with van der Waals surface area (Å²) in [6.07, 6.45) is 19.2. The average Bonchev–Trinajstić information content (AvgIpc) is 2.60. The first-order valence-corrected chi connectivity index (χ1v) is 11.2. The number of carbonyl (C=O) groups excluding carboxylic acids is 1. The minimum Gasteiger partial charge on any atom is -0.350 e. The number of amides is 1. The minimum atomic E-state index is 0. The number of nitrogens with one attached hydrogen (secondary N) is 1. The zero-order chi connectivity index (χ0) is 19.5. The topological polar surface area (TPSA) is 29.1 Å². The van der Waals surface area contributed by atoms with E-state index in [9.17, 15) is 4.79 Å². The van der Waals surface area contributed by atoms with Crippen LogP contribution in [0.5, 0.6) is 0 Å². The molecule has 0 unspecified atom stereocenters. The van der Waals surface area contributed by atoms with Crippen molar-refractivity contribution in [3.63, 3.8) is 0 Å². The second-order valence-electron chi connectivity index (χ2n) is 8.45. The molecular weight excluding hydrogens is 400 g/mol. The summed E-state index contributed by atoms with van der Waals surface area (Å²) in [5.74, 6) is 0.233. The maximum atomic E-state index is 11.9. The van der Waals surface area contributed by atoms with E-state index in [2.05, 4.69) is 32.9 Å². The third kappa shape index (κ3) is 21.8. The van der Waals surface area contributed by atoms with Crippen molar-refractivity contribution in [3.05, 3.63) is 12.7 Å². The number of allylic oxidation sites excluding steroid dienone is 1. The lowest BCUT2D eigenvalue weighted by Crippen LogP contribution is -2.45. The number of hydrogen-bond donors (Lipinski definition) is 1. The van der Waals surface area contributed by atoms with Crippen LogP contribution in [0.15, 0.2) is 12.7 Å². The molecule has 0 aliphatic heterocycles. The highest BCUT2D eigenvalue weighted by molar-refractivity contribution is 8.93. The summed E-state index contributed by atoms with van der Waals surface area (Å²) in [5.41, 5.74) is 0. The summed E-state index contributed by atoms with van der Waals surface area (Å²) in [6.45, 7) is 9.07. The van der Waals surface area contributed by atoms with E-state index in [4.69, 9.17) is 0 Å². The molecule has 1 amide bonds. The Kier molecular flexibility index (Phi) is 21.8. The predicted molar refractivity (Wildman–Crippen MR) is 126 cm³/mol. The van der Waals surface area contributed by atoms with Crippen LogP contribution in [0.25, 0.3) is 0 Å². The van der Waals surface area contributed by atoms with Gasteiger partial charge in [-0.2, -0.15) is 0 Å². The van der Waals surface area contributed by atoms with Crippen LogP contribution in [0, 0.1) is 0 Å². The van der Waals surface area contributed by atoms with Gasteiger partial charge in [0.2, 0.25) is 5.91 Å². The van der Waals surface area contributed by atoms with E-state index in [0.717, 1.165) is 30.4 Å². The fraction of sp³-hybridized carbons (Fsp3) is 0.870. The first kappa shape index (κ1) is 28.9. The lowest BCUT2D eigenvalue weighted by Gasteiger charge is -2.30. The summed E-state index contributed by atoms with van der Waals surface area (Å²) in [4.78, 5) is 11.9. The molecule has 0 saturated carbocycles. The predicted octanol–water partition coefficient (Wildman–Crippen LogP) is 6.42. The fourth-order valence-corrected chi connectivity index (χ4v) is 3.30. The molecule has 0 heterocycles. The standard InChI is InChI=1S/C23H46N2O.BrH/c1-5-7-9-11-13-14-15-17-19-23(26)24-20-22-25(3,4)21-18-16-12-10-8-6-2;/h5H,1,6-22H2,2-4H3;1H/p+1. The van der Waals surface area contributed by atoms with Crippen molar-refractivity contribution >= 4 is 22.9 Å². The molecule has 0 saturated heterocycles. The second-order valence-corrected chi connectivity index (χ2v) is 8.45. The Morgan fingerprint density at radius 1 is 0.852 bits per heavy atom. The molecule has 0 aromatic heterocycles. The lowest BCUT2D eigenvalue weighted by molar-refractivity contribution is -0.889. The number of quaternary nitrogens is 1. The zero-order valence-electron chi connectivity index (χ0n) is 18.6. The van der Waals surface area contributed by atoms with Crippen molar-refractivity contribution in [1.29, 1.82) is 0 Å². The van der Waals surface area contributed by atoms with E-state index in [1.165, 1.54) is 77.2 Å². The monoisotopic (exact) mass is 447 g/mol. The average molecular weight is 449 g/mol. The molecule has 3 nitrogen and oxygen atoms in total.